The molecule has 2 saturated heterocycles. The lowest BCUT2D eigenvalue weighted by atomic mass is 9.84. The van der Waals surface area contributed by atoms with E-state index in [4.69, 9.17) is 0 Å². The summed E-state index contributed by atoms with van der Waals surface area (Å²) in [6.07, 6.45) is 2.17. The summed E-state index contributed by atoms with van der Waals surface area (Å²) >= 11 is 1.23. The van der Waals surface area contributed by atoms with Gasteiger partial charge in [-0.2, -0.15) is 4.31 Å². The van der Waals surface area contributed by atoms with Crippen molar-refractivity contribution in [3.8, 4) is 0 Å². The van der Waals surface area contributed by atoms with Gasteiger partial charge in [-0.1, -0.05) is 66.7 Å². The van der Waals surface area contributed by atoms with E-state index in [1.807, 2.05) is 60.7 Å². The fraction of sp³-hybridized carbons (Fsp3) is 0.320. The summed E-state index contributed by atoms with van der Waals surface area (Å²) in [6, 6.07) is 23.5. The lowest BCUT2D eigenvalue weighted by molar-refractivity contribution is -0.124. The van der Waals surface area contributed by atoms with Gasteiger partial charge in [-0.3, -0.25) is 10.1 Å². The van der Waals surface area contributed by atoms with Crippen LogP contribution in [-0.4, -0.2) is 42.9 Å². The molecule has 0 aliphatic carbocycles. The number of rotatable bonds is 6. The number of hydrogen-bond acceptors (Lipinski definition) is 5. The molecule has 2 N–H and O–H groups in total. The minimum Gasteiger partial charge on any atom is -0.336 e. The number of carbonyl (C=O) groups excluding carboxylic acids is 1. The second-order valence-corrected chi connectivity index (χ2v) is 12.0. The molecule has 0 radical (unpaired) electrons. The zero-order valence-corrected chi connectivity index (χ0v) is 19.9. The molecule has 6 nitrogen and oxygen atoms in total. The second kappa shape index (κ2) is 8.68. The van der Waals surface area contributed by atoms with E-state index < -0.39 is 21.2 Å². The standard InChI is InChI=1S/C25H27N3O3S2/c29-23-24(18-20-8-3-1-4-9-20,19-21-10-5-2-6-11-21)27-25(26-23)13-15-28(16-14-25)33(30,31)22-12-7-17-32-22/h1-12,17,27H,13-16,18-19H2,(H,26,29). The molecule has 2 aromatic carbocycles. The molecule has 8 heteroatoms. The molecule has 2 aliphatic rings. The van der Waals surface area contributed by atoms with Crippen molar-refractivity contribution >= 4 is 27.3 Å². The molecule has 1 aromatic heterocycles. The van der Waals surface area contributed by atoms with Crippen LogP contribution in [0.4, 0.5) is 0 Å². The van der Waals surface area contributed by atoms with Crippen LogP contribution in [0.25, 0.3) is 0 Å². The summed E-state index contributed by atoms with van der Waals surface area (Å²) in [6.45, 7) is 0.723. The second-order valence-electron chi connectivity index (χ2n) is 8.90. The van der Waals surface area contributed by atoms with Gasteiger partial charge in [0.2, 0.25) is 5.91 Å². The van der Waals surface area contributed by atoms with Crippen LogP contribution in [0.15, 0.2) is 82.4 Å². The number of benzene rings is 2. The Morgan fingerprint density at radius 2 is 1.42 bits per heavy atom. The predicted molar refractivity (Wildman–Crippen MR) is 129 cm³/mol. The first-order chi connectivity index (χ1) is 15.9. The van der Waals surface area contributed by atoms with Gasteiger partial charge in [0.1, 0.15) is 9.75 Å². The number of piperidine rings is 1. The summed E-state index contributed by atoms with van der Waals surface area (Å²) < 4.78 is 27.8. The highest BCUT2D eigenvalue weighted by molar-refractivity contribution is 7.91. The number of amides is 1. The maximum atomic E-state index is 13.5. The van der Waals surface area contributed by atoms with Gasteiger partial charge in [0.15, 0.2) is 0 Å². The molecule has 1 spiro atoms. The van der Waals surface area contributed by atoms with E-state index in [1.54, 1.807) is 17.5 Å². The third-order valence-corrected chi connectivity index (χ3v) is 9.90. The number of hydrogen-bond donors (Lipinski definition) is 2. The lowest BCUT2D eigenvalue weighted by Gasteiger charge is -2.40. The van der Waals surface area contributed by atoms with Crippen LogP contribution >= 0.6 is 11.3 Å². The molecule has 0 unspecified atom stereocenters. The van der Waals surface area contributed by atoms with E-state index in [0.717, 1.165) is 11.1 Å². The Balaban J connectivity index is 1.39. The first-order valence-corrected chi connectivity index (χ1v) is 13.5. The highest BCUT2D eigenvalue weighted by atomic mass is 32.2. The third kappa shape index (κ3) is 4.36. The normalized spacial score (nSPS) is 20.1. The van der Waals surface area contributed by atoms with E-state index in [2.05, 4.69) is 10.6 Å². The van der Waals surface area contributed by atoms with Gasteiger partial charge in [-0.15, -0.1) is 11.3 Å². The molecule has 0 saturated carbocycles. The molecule has 2 fully saturated rings. The van der Waals surface area contributed by atoms with Crippen LogP contribution in [0.1, 0.15) is 24.0 Å². The summed E-state index contributed by atoms with van der Waals surface area (Å²) in [5.41, 5.74) is 0.774. The van der Waals surface area contributed by atoms with Crippen molar-refractivity contribution in [1.29, 1.82) is 0 Å². The largest absolute Gasteiger partial charge is 0.336 e. The molecule has 3 aromatic rings. The number of thiophene rings is 1. The first kappa shape index (κ1) is 22.3. The summed E-state index contributed by atoms with van der Waals surface area (Å²) in [7, 11) is -3.49. The van der Waals surface area contributed by atoms with Gasteiger partial charge in [0.25, 0.3) is 10.0 Å². The maximum absolute atomic E-state index is 13.5. The van der Waals surface area contributed by atoms with Gasteiger partial charge in [-0.25, -0.2) is 8.42 Å². The number of carbonyl (C=O) groups is 1. The molecule has 0 atom stereocenters. The molecule has 3 heterocycles. The van der Waals surface area contributed by atoms with Gasteiger partial charge >= 0.3 is 0 Å². The zero-order valence-electron chi connectivity index (χ0n) is 18.2. The number of nitrogens with one attached hydrogen (secondary N) is 2. The monoisotopic (exact) mass is 481 g/mol. The Bertz CT molecular complexity index is 1160. The fourth-order valence-corrected chi connectivity index (χ4v) is 7.56. The topological polar surface area (TPSA) is 78.5 Å². The SMILES string of the molecule is O=C1NC2(CCN(S(=O)(=O)c3cccs3)CC2)NC1(Cc1ccccc1)Cc1ccccc1. The summed E-state index contributed by atoms with van der Waals surface area (Å²) in [5, 5.41) is 8.71. The molecule has 0 bridgehead atoms. The molecule has 172 valence electrons. The highest BCUT2D eigenvalue weighted by Gasteiger charge is 2.54. The Hall–Kier alpha value is -2.52. The molecule has 2 aliphatic heterocycles. The Labute approximate surface area is 198 Å². The summed E-state index contributed by atoms with van der Waals surface area (Å²) in [4.78, 5) is 13.5. The van der Waals surface area contributed by atoms with Crippen LogP contribution in [0.2, 0.25) is 0 Å². The van der Waals surface area contributed by atoms with E-state index in [9.17, 15) is 13.2 Å². The van der Waals surface area contributed by atoms with Crippen molar-refractivity contribution in [3.63, 3.8) is 0 Å². The van der Waals surface area contributed by atoms with Crippen molar-refractivity contribution in [2.75, 3.05) is 13.1 Å². The quantitative estimate of drug-likeness (QED) is 0.567. The zero-order chi connectivity index (χ0) is 22.9. The third-order valence-electron chi connectivity index (χ3n) is 6.63. The molecular weight excluding hydrogens is 454 g/mol. The number of sulfonamides is 1. The lowest BCUT2D eigenvalue weighted by Crippen LogP contribution is -2.60. The summed E-state index contributed by atoms with van der Waals surface area (Å²) in [5.74, 6) is -0.0234. The van der Waals surface area contributed by atoms with Crippen LogP contribution in [0.5, 0.6) is 0 Å². The Kier molecular flexibility index (Phi) is 5.86. The molecule has 33 heavy (non-hydrogen) atoms. The fourth-order valence-electron chi connectivity index (χ4n) is 4.98. The average molecular weight is 482 g/mol. The first-order valence-electron chi connectivity index (χ1n) is 11.1. The minimum absolute atomic E-state index is 0.0234. The van der Waals surface area contributed by atoms with Crippen molar-refractivity contribution in [2.45, 2.75) is 41.1 Å². The maximum Gasteiger partial charge on any atom is 0.252 e. The number of nitrogens with zero attached hydrogens (tertiary/aromatic N) is 1. The van der Waals surface area contributed by atoms with Gasteiger partial charge in [0, 0.05) is 13.1 Å². The average Bonchev–Trinajstić information content (AvgIpc) is 3.44. The minimum atomic E-state index is -3.49. The Morgan fingerprint density at radius 3 is 1.94 bits per heavy atom. The van der Waals surface area contributed by atoms with E-state index in [-0.39, 0.29) is 5.91 Å². The van der Waals surface area contributed by atoms with Gasteiger partial charge in [-0.05, 0) is 48.3 Å². The highest BCUT2D eigenvalue weighted by Crippen LogP contribution is 2.35. The van der Waals surface area contributed by atoms with Crippen LogP contribution in [0, 0.1) is 0 Å². The van der Waals surface area contributed by atoms with Crippen LogP contribution in [0.3, 0.4) is 0 Å². The van der Waals surface area contributed by atoms with Crippen molar-refractivity contribution < 1.29 is 13.2 Å². The van der Waals surface area contributed by atoms with Crippen LogP contribution in [-0.2, 0) is 27.7 Å². The van der Waals surface area contributed by atoms with E-state index >= 15 is 0 Å². The molecule has 5 rings (SSSR count). The van der Waals surface area contributed by atoms with Crippen molar-refractivity contribution in [1.82, 2.24) is 14.9 Å². The smallest absolute Gasteiger partial charge is 0.252 e. The van der Waals surface area contributed by atoms with Crippen molar-refractivity contribution in [3.05, 3.63) is 89.3 Å². The van der Waals surface area contributed by atoms with Gasteiger partial charge < -0.3 is 5.32 Å². The predicted octanol–water partition coefficient (Wildman–Crippen LogP) is 3.17. The molecule has 1 amide bonds. The van der Waals surface area contributed by atoms with E-state index in [0.29, 0.717) is 43.0 Å². The molecular formula is C25H27N3O3S2. The van der Waals surface area contributed by atoms with Crippen LogP contribution < -0.4 is 10.6 Å². The van der Waals surface area contributed by atoms with Crippen molar-refractivity contribution in [2.24, 2.45) is 0 Å². The van der Waals surface area contributed by atoms with E-state index in [1.165, 1.54) is 15.6 Å². The Morgan fingerprint density at radius 1 is 0.848 bits per heavy atom. The van der Waals surface area contributed by atoms with Gasteiger partial charge in [0.05, 0.1) is 5.66 Å².